The molecule has 0 fully saturated rings. The molecule has 0 radical (unpaired) electrons. The number of carbonyl (C=O) groups is 1. The summed E-state index contributed by atoms with van der Waals surface area (Å²) in [7, 11) is 0. The zero-order valence-electron chi connectivity index (χ0n) is 33.3. The Hall–Kier alpha value is -5.62. The number of benzene rings is 5. The Morgan fingerprint density at radius 1 is 0.679 bits per heavy atom. The standard InChI is InChI=1S/C50H54N2O4/c1-5-6-7-8-9-10-11-12-13-14-17-33-20-24-35(25-21-33)51-43-32-45(56-37-27-22-34(23-28-37)50(2,3)4)48-46-41(38-18-15-16-19-39(38)49(55)47(43)46)31-42(52-48)40-29-26-36(53)30-44(40)54/h15-16,18-32,51,53-54H,5-14,17H2,1-4H3. The largest absolute Gasteiger partial charge is 0.508 e. The van der Waals surface area contributed by atoms with E-state index in [0.717, 1.165) is 23.2 Å². The monoisotopic (exact) mass is 746 g/mol. The molecule has 288 valence electrons. The normalized spacial score (nSPS) is 12.2. The number of aryl methyl sites for hydroxylation is 1. The number of ketones is 1. The molecule has 0 spiro atoms. The Morgan fingerprint density at radius 3 is 2.00 bits per heavy atom. The highest BCUT2D eigenvalue weighted by molar-refractivity contribution is 6.29. The lowest BCUT2D eigenvalue weighted by atomic mass is 9.82. The third-order valence-corrected chi connectivity index (χ3v) is 11.0. The molecule has 0 amide bonds. The van der Waals surface area contributed by atoms with Crippen molar-refractivity contribution in [1.82, 2.24) is 4.98 Å². The molecule has 1 heterocycles. The van der Waals surface area contributed by atoms with E-state index in [2.05, 4.69) is 69.4 Å². The molecule has 6 aromatic rings. The summed E-state index contributed by atoms with van der Waals surface area (Å²) in [4.78, 5) is 19.6. The van der Waals surface area contributed by atoms with Crippen LogP contribution in [0.4, 0.5) is 11.4 Å². The number of fused-ring (bicyclic) bond motifs is 2. The molecule has 56 heavy (non-hydrogen) atoms. The van der Waals surface area contributed by atoms with E-state index in [4.69, 9.17) is 9.72 Å². The first kappa shape index (κ1) is 38.6. The Morgan fingerprint density at radius 2 is 1.34 bits per heavy atom. The summed E-state index contributed by atoms with van der Waals surface area (Å²) in [6.07, 6.45) is 14.3. The number of phenols is 2. The molecule has 7 rings (SSSR count). The Kier molecular flexibility index (Phi) is 11.8. The SMILES string of the molecule is CCCCCCCCCCCCc1ccc(Nc2cc(Oc3ccc(C(C)(C)C)cc3)c3nc(-c4ccc(O)cc4O)cc4c3c2C(=O)c2ccccc2-4)cc1. The average Bonchev–Trinajstić information content (AvgIpc) is 3.18. The number of nitrogens with one attached hydrogen (secondary N) is 1. The van der Waals surface area contributed by atoms with Gasteiger partial charge in [-0.1, -0.05) is 134 Å². The highest BCUT2D eigenvalue weighted by atomic mass is 16.5. The first-order valence-electron chi connectivity index (χ1n) is 20.4. The van der Waals surface area contributed by atoms with E-state index >= 15 is 0 Å². The molecule has 5 aromatic carbocycles. The van der Waals surface area contributed by atoms with Crippen molar-refractivity contribution in [2.45, 2.75) is 104 Å². The van der Waals surface area contributed by atoms with Crippen LogP contribution < -0.4 is 10.1 Å². The van der Waals surface area contributed by atoms with Gasteiger partial charge in [-0.05, 0) is 83.0 Å². The number of hydrogen-bond acceptors (Lipinski definition) is 6. The first-order valence-corrected chi connectivity index (χ1v) is 20.4. The average molecular weight is 747 g/mol. The van der Waals surface area contributed by atoms with Crippen LogP contribution in [0.3, 0.4) is 0 Å². The van der Waals surface area contributed by atoms with E-state index in [1.807, 2.05) is 48.5 Å². The predicted octanol–water partition coefficient (Wildman–Crippen LogP) is 13.8. The number of rotatable bonds is 16. The highest BCUT2D eigenvalue weighted by Crippen LogP contribution is 2.48. The van der Waals surface area contributed by atoms with Crippen LogP contribution in [0, 0.1) is 0 Å². The maximum Gasteiger partial charge on any atom is 0.196 e. The van der Waals surface area contributed by atoms with Crippen molar-refractivity contribution in [3.63, 3.8) is 0 Å². The van der Waals surface area contributed by atoms with Crippen LogP contribution in [-0.4, -0.2) is 21.0 Å². The van der Waals surface area contributed by atoms with E-state index in [0.29, 0.717) is 50.5 Å². The van der Waals surface area contributed by atoms with Crippen molar-refractivity contribution in [3.05, 3.63) is 125 Å². The topological polar surface area (TPSA) is 91.7 Å². The van der Waals surface area contributed by atoms with Crippen LogP contribution >= 0.6 is 0 Å². The number of nitrogens with zero attached hydrogens (tertiary/aromatic N) is 1. The van der Waals surface area contributed by atoms with Crippen molar-refractivity contribution in [3.8, 4) is 45.4 Å². The lowest BCUT2D eigenvalue weighted by Gasteiger charge is -2.25. The van der Waals surface area contributed by atoms with Crippen LogP contribution in [0.5, 0.6) is 23.0 Å². The van der Waals surface area contributed by atoms with E-state index < -0.39 is 0 Å². The van der Waals surface area contributed by atoms with E-state index in [-0.39, 0.29) is 22.7 Å². The second-order valence-corrected chi connectivity index (χ2v) is 16.3. The molecule has 0 unspecified atom stereocenters. The highest BCUT2D eigenvalue weighted by Gasteiger charge is 2.31. The molecule has 1 aliphatic carbocycles. The molecule has 0 aliphatic heterocycles. The number of aromatic hydroxyl groups is 2. The number of unbranched alkanes of at least 4 members (excludes halogenated alkanes) is 9. The minimum Gasteiger partial charge on any atom is -0.508 e. The minimum atomic E-state index is -0.0976. The number of ether oxygens (including phenoxy) is 1. The number of phenolic OH excluding ortho intramolecular Hbond substituents is 2. The van der Waals surface area contributed by atoms with Gasteiger partial charge in [0.05, 0.1) is 16.9 Å². The second-order valence-electron chi connectivity index (χ2n) is 16.3. The molecule has 3 N–H and O–H groups in total. The fraction of sp³-hybridized carbons (Fsp3) is 0.320. The maximum absolute atomic E-state index is 14.5. The van der Waals surface area contributed by atoms with Gasteiger partial charge in [0.1, 0.15) is 22.8 Å². The van der Waals surface area contributed by atoms with Gasteiger partial charge in [-0.3, -0.25) is 4.79 Å². The summed E-state index contributed by atoms with van der Waals surface area (Å²) in [5.41, 5.74) is 8.13. The third kappa shape index (κ3) is 8.60. The summed E-state index contributed by atoms with van der Waals surface area (Å²) in [5, 5.41) is 25.3. The molecule has 0 atom stereocenters. The Labute approximate surface area is 331 Å². The van der Waals surface area contributed by atoms with Gasteiger partial charge in [-0.2, -0.15) is 0 Å². The Bertz CT molecular complexity index is 2320. The fourth-order valence-electron chi connectivity index (χ4n) is 7.81. The zero-order chi connectivity index (χ0) is 39.2. The number of anilines is 2. The van der Waals surface area contributed by atoms with Gasteiger partial charge in [0.2, 0.25) is 0 Å². The molecule has 6 heteroatoms. The second kappa shape index (κ2) is 17.0. The molecule has 0 saturated heterocycles. The molecule has 0 bridgehead atoms. The first-order chi connectivity index (χ1) is 27.1. The lowest BCUT2D eigenvalue weighted by molar-refractivity contribution is 0.104. The summed E-state index contributed by atoms with van der Waals surface area (Å²) in [5.74, 6) is 0.873. The van der Waals surface area contributed by atoms with Gasteiger partial charge in [-0.15, -0.1) is 0 Å². The van der Waals surface area contributed by atoms with Gasteiger partial charge < -0.3 is 20.3 Å². The molecular formula is C50H54N2O4. The predicted molar refractivity (Wildman–Crippen MR) is 230 cm³/mol. The number of pyridine rings is 1. The van der Waals surface area contributed by atoms with Crippen LogP contribution in [0.2, 0.25) is 0 Å². The van der Waals surface area contributed by atoms with Gasteiger partial charge in [-0.25, -0.2) is 4.98 Å². The quantitative estimate of drug-likeness (QED) is 0.0853. The Balaban J connectivity index is 1.23. The lowest BCUT2D eigenvalue weighted by Crippen LogP contribution is -2.14. The van der Waals surface area contributed by atoms with Crippen molar-refractivity contribution in [2.24, 2.45) is 0 Å². The molecule has 6 nitrogen and oxygen atoms in total. The van der Waals surface area contributed by atoms with Crippen molar-refractivity contribution in [1.29, 1.82) is 0 Å². The van der Waals surface area contributed by atoms with E-state index in [1.165, 1.54) is 87.5 Å². The zero-order valence-corrected chi connectivity index (χ0v) is 33.3. The number of carbonyl (C=O) groups excluding carboxylic acids is 1. The van der Waals surface area contributed by atoms with Crippen molar-refractivity contribution < 1.29 is 19.7 Å². The van der Waals surface area contributed by atoms with Gasteiger partial charge in [0.15, 0.2) is 11.5 Å². The van der Waals surface area contributed by atoms with E-state index in [9.17, 15) is 15.0 Å². The fourth-order valence-corrected chi connectivity index (χ4v) is 7.81. The van der Waals surface area contributed by atoms with Gasteiger partial charge in [0.25, 0.3) is 0 Å². The smallest absolute Gasteiger partial charge is 0.196 e. The van der Waals surface area contributed by atoms with Crippen LogP contribution in [0.25, 0.3) is 33.3 Å². The summed E-state index contributed by atoms with van der Waals surface area (Å²) < 4.78 is 6.68. The molecular weight excluding hydrogens is 693 g/mol. The molecule has 0 saturated carbocycles. The number of hydrogen-bond donors (Lipinski definition) is 3. The van der Waals surface area contributed by atoms with Crippen molar-refractivity contribution >= 4 is 28.1 Å². The number of aromatic nitrogens is 1. The van der Waals surface area contributed by atoms with Crippen LogP contribution in [0.1, 0.15) is 119 Å². The van der Waals surface area contributed by atoms with Gasteiger partial charge >= 0.3 is 0 Å². The molecule has 1 aromatic heterocycles. The maximum atomic E-state index is 14.5. The van der Waals surface area contributed by atoms with Gasteiger partial charge in [0, 0.05) is 34.3 Å². The summed E-state index contributed by atoms with van der Waals surface area (Å²) in [6, 6.07) is 32.5. The minimum absolute atomic E-state index is 0.0189. The summed E-state index contributed by atoms with van der Waals surface area (Å²) in [6.45, 7) is 8.80. The molecule has 1 aliphatic rings. The van der Waals surface area contributed by atoms with Crippen LogP contribution in [0.15, 0.2) is 103 Å². The summed E-state index contributed by atoms with van der Waals surface area (Å²) >= 11 is 0. The van der Waals surface area contributed by atoms with E-state index in [1.54, 1.807) is 6.07 Å². The third-order valence-electron chi connectivity index (χ3n) is 11.0. The van der Waals surface area contributed by atoms with Crippen LogP contribution in [-0.2, 0) is 11.8 Å². The van der Waals surface area contributed by atoms with Crippen molar-refractivity contribution in [2.75, 3.05) is 5.32 Å².